The molecule has 0 aromatic carbocycles. The zero-order valence-electron chi connectivity index (χ0n) is 11.2. The number of likely N-dealkylation sites (tertiary alicyclic amines) is 1. The average Bonchev–Trinajstić information content (AvgIpc) is 2.78. The second kappa shape index (κ2) is 5.50. The summed E-state index contributed by atoms with van der Waals surface area (Å²) in [5.41, 5.74) is 1.40. The van der Waals surface area contributed by atoms with Crippen LogP contribution in [-0.2, 0) is 0 Å². The van der Waals surface area contributed by atoms with Gasteiger partial charge in [-0.3, -0.25) is 4.90 Å². The second-order valence-corrected chi connectivity index (χ2v) is 4.73. The van der Waals surface area contributed by atoms with Crippen LogP contribution < -0.4 is 4.90 Å². The lowest BCUT2D eigenvalue weighted by Crippen LogP contribution is -2.27. The van der Waals surface area contributed by atoms with Gasteiger partial charge in [0.05, 0.1) is 0 Å². The van der Waals surface area contributed by atoms with Crippen LogP contribution in [0.1, 0.15) is 38.3 Å². The Morgan fingerprint density at radius 3 is 2.76 bits per heavy atom. The normalized spacial score (nSPS) is 20.8. The molecule has 0 amide bonds. The number of hydrogen-bond acceptors (Lipinski definition) is 3. The van der Waals surface area contributed by atoms with Gasteiger partial charge in [-0.15, -0.1) is 0 Å². The Morgan fingerprint density at radius 2 is 2.18 bits per heavy atom. The second-order valence-electron chi connectivity index (χ2n) is 4.73. The van der Waals surface area contributed by atoms with Crippen LogP contribution >= 0.6 is 0 Å². The molecule has 2 rings (SSSR count). The van der Waals surface area contributed by atoms with Crippen LogP contribution in [0.15, 0.2) is 18.3 Å². The third kappa shape index (κ3) is 2.44. The van der Waals surface area contributed by atoms with Gasteiger partial charge in [-0.1, -0.05) is 6.07 Å². The Bertz CT molecular complexity index is 360. The maximum Gasteiger partial charge on any atom is 0.133 e. The van der Waals surface area contributed by atoms with Crippen molar-refractivity contribution in [3.63, 3.8) is 0 Å². The van der Waals surface area contributed by atoms with E-state index in [0.717, 1.165) is 13.1 Å². The fraction of sp³-hybridized carbons (Fsp3) is 0.643. The molecule has 2 heterocycles. The van der Waals surface area contributed by atoms with Crippen molar-refractivity contribution in [2.45, 2.75) is 32.7 Å². The van der Waals surface area contributed by atoms with Crippen molar-refractivity contribution in [3.05, 3.63) is 23.9 Å². The number of anilines is 1. The van der Waals surface area contributed by atoms with Gasteiger partial charge in [0, 0.05) is 30.9 Å². The summed E-state index contributed by atoms with van der Waals surface area (Å²) in [4.78, 5) is 9.40. The van der Waals surface area contributed by atoms with E-state index >= 15 is 0 Å². The van der Waals surface area contributed by atoms with E-state index in [1.165, 1.54) is 30.8 Å². The first-order valence-electron chi connectivity index (χ1n) is 6.68. The quantitative estimate of drug-likeness (QED) is 0.797. The van der Waals surface area contributed by atoms with Crippen molar-refractivity contribution in [1.29, 1.82) is 0 Å². The van der Waals surface area contributed by atoms with E-state index in [2.05, 4.69) is 47.8 Å². The molecule has 0 aliphatic carbocycles. The topological polar surface area (TPSA) is 19.4 Å². The Morgan fingerprint density at radius 1 is 1.41 bits per heavy atom. The fourth-order valence-corrected chi connectivity index (χ4v) is 2.76. The number of pyridine rings is 1. The Hall–Kier alpha value is -1.09. The van der Waals surface area contributed by atoms with Crippen molar-refractivity contribution in [2.24, 2.45) is 0 Å². The average molecular weight is 233 g/mol. The van der Waals surface area contributed by atoms with Gasteiger partial charge in [0.2, 0.25) is 0 Å². The first kappa shape index (κ1) is 12.4. The summed E-state index contributed by atoms with van der Waals surface area (Å²) < 4.78 is 0. The maximum absolute atomic E-state index is 4.60. The number of hydrogen-bond donors (Lipinski definition) is 0. The van der Waals surface area contributed by atoms with Gasteiger partial charge < -0.3 is 4.90 Å². The van der Waals surface area contributed by atoms with E-state index in [9.17, 15) is 0 Å². The maximum atomic E-state index is 4.60. The van der Waals surface area contributed by atoms with Crippen LogP contribution in [0, 0.1) is 0 Å². The number of aromatic nitrogens is 1. The molecular formula is C14H23N3. The summed E-state index contributed by atoms with van der Waals surface area (Å²) in [5, 5.41) is 0. The lowest BCUT2D eigenvalue weighted by Gasteiger charge is -2.27. The van der Waals surface area contributed by atoms with Gasteiger partial charge >= 0.3 is 0 Å². The molecule has 94 valence electrons. The first-order valence-corrected chi connectivity index (χ1v) is 6.68. The third-order valence-electron chi connectivity index (χ3n) is 3.76. The standard InChI is InChI=1S/C14H23N3/c1-4-17(5-2)14-12(8-6-10-15-14)13-9-7-11-16(13)3/h6,8,10,13H,4-5,7,9,11H2,1-3H3/t13-/m0/s1. The van der Waals surface area contributed by atoms with Crippen LogP contribution in [0.5, 0.6) is 0 Å². The van der Waals surface area contributed by atoms with Crippen LogP contribution in [-0.4, -0.2) is 36.6 Å². The van der Waals surface area contributed by atoms with Crippen molar-refractivity contribution in [2.75, 3.05) is 31.6 Å². The summed E-state index contributed by atoms with van der Waals surface area (Å²) in [6.45, 7) is 7.64. The summed E-state index contributed by atoms with van der Waals surface area (Å²) in [7, 11) is 2.22. The Kier molecular flexibility index (Phi) is 4.00. The van der Waals surface area contributed by atoms with E-state index in [-0.39, 0.29) is 0 Å². The minimum absolute atomic E-state index is 0.555. The van der Waals surface area contributed by atoms with Crippen LogP contribution in [0.2, 0.25) is 0 Å². The zero-order chi connectivity index (χ0) is 12.3. The predicted molar refractivity (Wildman–Crippen MR) is 72.4 cm³/mol. The lowest BCUT2D eigenvalue weighted by atomic mass is 10.1. The largest absolute Gasteiger partial charge is 0.357 e. The van der Waals surface area contributed by atoms with Crippen molar-refractivity contribution >= 4 is 5.82 Å². The van der Waals surface area contributed by atoms with Gasteiger partial charge in [-0.25, -0.2) is 4.98 Å². The molecule has 3 heteroatoms. The Balaban J connectivity index is 2.32. The molecule has 17 heavy (non-hydrogen) atoms. The molecule has 0 N–H and O–H groups in total. The molecule has 3 nitrogen and oxygen atoms in total. The Labute approximate surface area is 104 Å². The van der Waals surface area contributed by atoms with E-state index in [1.807, 2.05) is 6.20 Å². The highest BCUT2D eigenvalue weighted by Crippen LogP contribution is 2.34. The minimum Gasteiger partial charge on any atom is -0.357 e. The summed E-state index contributed by atoms with van der Waals surface area (Å²) in [5.74, 6) is 1.18. The zero-order valence-corrected chi connectivity index (χ0v) is 11.2. The van der Waals surface area contributed by atoms with Crippen molar-refractivity contribution in [1.82, 2.24) is 9.88 Å². The van der Waals surface area contributed by atoms with E-state index in [1.54, 1.807) is 0 Å². The monoisotopic (exact) mass is 233 g/mol. The molecule has 0 bridgehead atoms. The molecule has 1 saturated heterocycles. The molecular weight excluding hydrogens is 210 g/mol. The molecule has 0 saturated carbocycles. The first-order chi connectivity index (χ1) is 8.27. The van der Waals surface area contributed by atoms with Crippen LogP contribution in [0.3, 0.4) is 0 Å². The van der Waals surface area contributed by atoms with Gasteiger partial charge in [0.25, 0.3) is 0 Å². The summed E-state index contributed by atoms with van der Waals surface area (Å²) in [6.07, 6.45) is 4.47. The van der Waals surface area contributed by atoms with Crippen LogP contribution in [0.4, 0.5) is 5.82 Å². The molecule has 0 unspecified atom stereocenters. The van der Waals surface area contributed by atoms with Crippen molar-refractivity contribution in [3.8, 4) is 0 Å². The molecule has 1 atom stereocenters. The molecule has 1 aromatic rings. The molecule has 1 aliphatic rings. The van der Waals surface area contributed by atoms with Gasteiger partial charge in [0.15, 0.2) is 0 Å². The SMILES string of the molecule is CCN(CC)c1ncccc1[C@@H]1CCCN1C. The molecule has 1 aliphatic heterocycles. The highest BCUT2D eigenvalue weighted by molar-refractivity contribution is 5.48. The predicted octanol–water partition coefficient (Wildman–Crippen LogP) is 2.69. The van der Waals surface area contributed by atoms with Gasteiger partial charge in [0.1, 0.15) is 5.82 Å². The molecule has 0 spiro atoms. The van der Waals surface area contributed by atoms with Crippen molar-refractivity contribution < 1.29 is 0 Å². The highest BCUT2D eigenvalue weighted by Gasteiger charge is 2.26. The lowest BCUT2D eigenvalue weighted by molar-refractivity contribution is 0.317. The fourth-order valence-electron chi connectivity index (χ4n) is 2.76. The van der Waals surface area contributed by atoms with E-state index in [4.69, 9.17) is 0 Å². The minimum atomic E-state index is 0.555. The van der Waals surface area contributed by atoms with E-state index in [0.29, 0.717) is 6.04 Å². The number of nitrogens with zero attached hydrogens (tertiary/aromatic N) is 3. The molecule has 1 aromatic heterocycles. The van der Waals surface area contributed by atoms with E-state index < -0.39 is 0 Å². The van der Waals surface area contributed by atoms with Gasteiger partial charge in [-0.05, 0) is 46.3 Å². The third-order valence-corrected chi connectivity index (χ3v) is 3.76. The smallest absolute Gasteiger partial charge is 0.133 e. The van der Waals surface area contributed by atoms with Gasteiger partial charge in [-0.2, -0.15) is 0 Å². The number of rotatable bonds is 4. The summed E-state index contributed by atoms with van der Waals surface area (Å²) in [6, 6.07) is 4.86. The molecule has 0 radical (unpaired) electrons. The molecule has 1 fully saturated rings. The summed E-state index contributed by atoms with van der Waals surface area (Å²) >= 11 is 0. The van der Waals surface area contributed by atoms with Crippen LogP contribution in [0.25, 0.3) is 0 Å². The highest BCUT2D eigenvalue weighted by atomic mass is 15.2.